The molecule has 1 unspecified atom stereocenters. The van der Waals surface area contributed by atoms with Crippen LogP contribution in [0.4, 0.5) is 5.69 Å². The summed E-state index contributed by atoms with van der Waals surface area (Å²) in [4.78, 5) is 25.5. The maximum Gasteiger partial charge on any atom is 0.338 e. The molecule has 4 nitrogen and oxygen atoms in total. The van der Waals surface area contributed by atoms with Crippen LogP contribution in [-0.4, -0.2) is 30.8 Å². The molecule has 0 saturated carbocycles. The molecule has 0 bridgehead atoms. The van der Waals surface area contributed by atoms with Crippen molar-refractivity contribution in [2.45, 2.75) is 26.2 Å². The van der Waals surface area contributed by atoms with E-state index in [1.54, 1.807) is 29.2 Å². The Labute approximate surface area is 130 Å². The van der Waals surface area contributed by atoms with Crippen molar-refractivity contribution < 1.29 is 14.3 Å². The summed E-state index contributed by atoms with van der Waals surface area (Å²) in [6.07, 6.45) is 2.41. The van der Waals surface area contributed by atoms with Crippen LogP contribution < -0.4 is 4.90 Å². The van der Waals surface area contributed by atoms with E-state index < -0.39 is 0 Å². The van der Waals surface area contributed by atoms with Crippen LogP contribution in [-0.2, 0) is 9.53 Å². The van der Waals surface area contributed by atoms with E-state index in [9.17, 15) is 9.59 Å². The number of nitrogens with zero attached hydrogens (tertiary/aromatic N) is 1. The predicted molar refractivity (Wildman–Crippen MR) is 85.9 cm³/mol. The van der Waals surface area contributed by atoms with E-state index in [0.717, 1.165) is 18.5 Å². The number of unbranched alkanes of at least 4 members (excludes halogenated alkanes) is 1. The normalized spacial score (nSPS) is 18.1. The summed E-state index contributed by atoms with van der Waals surface area (Å²) in [5.74, 6) is 0.826. The Hall–Kier alpha value is -1.49. The number of carbonyl (C=O) groups is 2. The highest BCUT2D eigenvalue weighted by Gasteiger charge is 2.29. The standard InChI is InChI=1S/C16H21NO3S/c1-2-3-8-20-16(19)13-4-6-14(7-5-13)17-10-12(11-21)9-15(17)18/h4-7,12,21H,2-3,8-11H2,1H3. The van der Waals surface area contributed by atoms with Gasteiger partial charge in [0.2, 0.25) is 5.91 Å². The molecule has 0 aliphatic carbocycles. The average molecular weight is 307 g/mol. The third-order valence-corrected chi connectivity index (χ3v) is 4.13. The number of rotatable bonds is 6. The van der Waals surface area contributed by atoms with Gasteiger partial charge >= 0.3 is 5.97 Å². The van der Waals surface area contributed by atoms with Crippen molar-refractivity contribution in [2.75, 3.05) is 23.8 Å². The lowest BCUT2D eigenvalue weighted by atomic mass is 10.1. The molecule has 0 spiro atoms. The number of carbonyl (C=O) groups excluding carboxylic acids is 2. The molecule has 21 heavy (non-hydrogen) atoms. The van der Waals surface area contributed by atoms with Gasteiger partial charge < -0.3 is 9.64 Å². The molecule has 1 heterocycles. The molecule has 1 fully saturated rings. The van der Waals surface area contributed by atoms with Gasteiger partial charge in [0.15, 0.2) is 0 Å². The number of amides is 1. The van der Waals surface area contributed by atoms with Crippen molar-refractivity contribution in [3.05, 3.63) is 29.8 Å². The second-order valence-electron chi connectivity index (χ2n) is 5.29. The van der Waals surface area contributed by atoms with Crippen LogP contribution in [0.1, 0.15) is 36.5 Å². The van der Waals surface area contributed by atoms with E-state index in [-0.39, 0.29) is 11.9 Å². The first-order valence-electron chi connectivity index (χ1n) is 7.34. The summed E-state index contributed by atoms with van der Waals surface area (Å²) in [6, 6.07) is 7.03. The van der Waals surface area contributed by atoms with Gasteiger partial charge in [-0.2, -0.15) is 12.6 Å². The predicted octanol–water partition coefficient (Wildman–Crippen LogP) is 2.93. The highest BCUT2D eigenvalue weighted by atomic mass is 32.1. The lowest BCUT2D eigenvalue weighted by Crippen LogP contribution is -2.24. The molecule has 1 aromatic carbocycles. The van der Waals surface area contributed by atoms with Gasteiger partial charge in [-0.1, -0.05) is 13.3 Å². The number of esters is 1. The number of hydrogen-bond donors (Lipinski definition) is 1. The largest absolute Gasteiger partial charge is 0.462 e. The van der Waals surface area contributed by atoms with Crippen molar-refractivity contribution in [1.29, 1.82) is 0 Å². The fraction of sp³-hybridized carbons (Fsp3) is 0.500. The van der Waals surface area contributed by atoms with Crippen molar-refractivity contribution in [3.8, 4) is 0 Å². The van der Waals surface area contributed by atoms with Gasteiger partial charge in [-0.3, -0.25) is 4.79 Å². The zero-order valence-electron chi connectivity index (χ0n) is 12.2. The van der Waals surface area contributed by atoms with Crippen LogP contribution in [0.5, 0.6) is 0 Å². The van der Waals surface area contributed by atoms with E-state index in [1.165, 1.54) is 0 Å². The fourth-order valence-corrected chi connectivity index (χ4v) is 2.57. The van der Waals surface area contributed by atoms with Crippen LogP contribution in [0.15, 0.2) is 24.3 Å². The SMILES string of the molecule is CCCCOC(=O)c1ccc(N2CC(CS)CC2=O)cc1. The third kappa shape index (κ3) is 4.00. The Balaban J connectivity index is 1.99. The molecule has 1 amide bonds. The van der Waals surface area contributed by atoms with Gasteiger partial charge in [-0.05, 0) is 42.4 Å². The number of hydrogen-bond acceptors (Lipinski definition) is 4. The summed E-state index contributed by atoms with van der Waals surface area (Å²) in [5.41, 5.74) is 1.35. The number of anilines is 1. The van der Waals surface area contributed by atoms with Crippen molar-refractivity contribution in [3.63, 3.8) is 0 Å². The van der Waals surface area contributed by atoms with Crippen LogP contribution >= 0.6 is 12.6 Å². The van der Waals surface area contributed by atoms with E-state index >= 15 is 0 Å². The Morgan fingerprint density at radius 1 is 1.38 bits per heavy atom. The minimum atomic E-state index is -0.309. The maximum absolute atomic E-state index is 11.9. The second-order valence-corrected chi connectivity index (χ2v) is 5.66. The minimum Gasteiger partial charge on any atom is -0.462 e. The molecule has 0 aromatic heterocycles. The monoisotopic (exact) mass is 307 g/mol. The first-order chi connectivity index (χ1) is 10.2. The van der Waals surface area contributed by atoms with Crippen molar-refractivity contribution >= 4 is 30.2 Å². The van der Waals surface area contributed by atoms with Crippen LogP contribution in [0.2, 0.25) is 0 Å². The molecule has 0 N–H and O–H groups in total. The van der Waals surface area contributed by atoms with Crippen molar-refractivity contribution in [2.24, 2.45) is 5.92 Å². The highest BCUT2D eigenvalue weighted by Crippen LogP contribution is 2.26. The molecule has 1 aliphatic rings. The van der Waals surface area contributed by atoms with Crippen LogP contribution in [0, 0.1) is 5.92 Å². The van der Waals surface area contributed by atoms with Gasteiger partial charge in [0.1, 0.15) is 0 Å². The molecular weight excluding hydrogens is 286 g/mol. The van der Waals surface area contributed by atoms with Gasteiger partial charge in [0.25, 0.3) is 0 Å². The lowest BCUT2D eigenvalue weighted by molar-refractivity contribution is -0.117. The summed E-state index contributed by atoms with van der Waals surface area (Å²) >= 11 is 4.25. The zero-order valence-corrected chi connectivity index (χ0v) is 13.1. The van der Waals surface area contributed by atoms with E-state index in [1.807, 2.05) is 6.92 Å². The van der Waals surface area contributed by atoms with Crippen LogP contribution in [0.25, 0.3) is 0 Å². The molecular formula is C16H21NO3S. The van der Waals surface area contributed by atoms with Gasteiger partial charge in [0, 0.05) is 18.7 Å². The molecule has 2 rings (SSSR count). The second kappa shape index (κ2) is 7.50. The van der Waals surface area contributed by atoms with Gasteiger partial charge in [0.05, 0.1) is 12.2 Å². The fourth-order valence-electron chi connectivity index (χ4n) is 2.32. The maximum atomic E-state index is 11.9. The smallest absolute Gasteiger partial charge is 0.338 e. The van der Waals surface area contributed by atoms with Gasteiger partial charge in [-0.25, -0.2) is 4.79 Å². The van der Waals surface area contributed by atoms with Gasteiger partial charge in [-0.15, -0.1) is 0 Å². The Morgan fingerprint density at radius 3 is 2.67 bits per heavy atom. The molecule has 114 valence electrons. The van der Waals surface area contributed by atoms with Crippen molar-refractivity contribution in [1.82, 2.24) is 0 Å². The summed E-state index contributed by atoms with van der Waals surface area (Å²) in [6.45, 7) is 3.20. The summed E-state index contributed by atoms with van der Waals surface area (Å²) < 4.78 is 5.16. The zero-order chi connectivity index (χ0) is 15.2. The quantitative estimate of drug-likeness (QED) is 0.499. The average Bonchev–Trinajstić information content (AvgIpc) is 2.89. The number of thiol groups is 1. The Morgan fingerprint density at radius 2 is 2.10 bits per heavy atom. The summed E-state index contributed by atoms with van der Waals surface area (Å²) in [5, 5.41) is 0. The molecule has 1 saturated heterocycles. The topological polar surface area (TPSA) is 46.6 Å². The minimum absolute atomic E-state index is 0.118. The van der Waals surface area contributed by atoms with E-state index in [4.69, 9.17) is 4.74 Å². The van der Waals surface area contributed by atoms with E-state index in [2.05, 4.69) is 12.6 Å². The molecule has 1 aromatic rings. The molecule has 1 atom stereocenters. The first kappa shape index (κ1) is 15.9. The Kier molecular flexibility index (Phi) is 5.67. The lowest BCUT2D eigenvalue weighted by Gasteiger charge is -2.16. The first-order valence-corrected chi connectivity index (χ1v) is 7.97. The molecule has 5 heteroatoms. The highest BCUT2D eigenvalue weighted by molar-refractivity contribution is 7.80. The third-order valence-electron chi connectivity index (χ3n) is 3.61. The molecule has 1 aliphatic heterocycles. The number of benzene rings is 1. The number of ether oxygens (including phenoxy) is 1. The Bertz CT molecular complexity index is 501. The summed E-state index contributed by atoms with van der Waals surface area (Å²) in [7, 11) is 0. The molecule has 0 radical (unpaired) electrons. The van der Waals surface area contributed by atoms with Crippen LogP contribution in [0.3, 0.4) is 0 Å². The van der Waals surface area contributed by atoms with E-state index in [0.29, 0.717) is 36.8 Å².